The summed E-state index contributed by atoms with van der Waals surface area (Å²) < 4.78 is 17.0. The first kappa shape index (κ1) is 24.0. The Morgan fingerprint density at radius 3 is 2.62 bits per heavy atom. The molecule has 2 saturated heterocycles. The van der Waals surface area contributed by atoms with Gasteiger partial charge in [0, 0.05) is 38.0 Å². The Morgan fingerprint density at radius 2 is 1.85 bits per heavy atom. The molecule has 2 atom stereocenters. The first-order valence-corrected chi connectivity index (χ1v) is 11.9. The van der Waals surface area contributed by atoms with Gasteiger partial charge in [0.1, 0.15) is 5.75 Å². The van der Waals surface area contributed by atoms with Crippen molar-refractivity contribution in [3.8, 4) is 5.75 Å². The maximum absolute atomic E-state index is 13.2. The molecule has 3 amide bonds. The molecule has 0 spiro atoms. The highest BCUT2D eigenvalue weighted by Gasteiger charge is 2.29. The van der Waals surface area contributed by atoms with Crippen molar-refractivity contribution in [2.45, 2.75) is 31.5 Å². The Bertz CT molecular complexity index is 948. The molecule has 2 aliphatic heterocycles. The van der Waals surface area contributed by atoms with E-state index in [2.05, 4.69) is 5.32 Å². The van der Waals surface area contributed by atoms with Crippen LogP contribution in [0.2, 0.25) is 0 Å². The smallest absolute Gasteiger partial charge is 0.322 e. The highest BCUT2D eigenvalue weighted by atomic mass is 16.5. The van der Waals surface area contributed by atoms with Crippen molar-refractivity contribution in [3.05, 3.63) is 60.2 Å². The number of nitrogens with zero attached hydrogens (tertiary/aromatic N) is 2. The average molecular weight is 468 g/mol. The lowest BCUT2D eigenvalue weighted by atomic mass is 10.1. The normalized spacial score (nSPS) is 20.1. The van der Waals surface area contributed by atoms with Gasteiger partial charge in [-0.1, -0.05) is 36.4 Å². The molecule has 182 valence electrons. The molecule has 0 saturated carbocycles. The predicted octanol–water partition coefficient (Wildman–Crippen LogP) is 3.18. The molecule has 2 heterocycles. The average Bonchev–Trinajstić information content (AvgIpc) is 3.38. The van der Waals surface area contributed by atoms with Gasteiger partial charge in [0.25, 0.3) is 0 Å². The molecule has 2 fully saturated rings. The topological polar surface area (TPSA) is 80.3 Å². The maximum atomic E-state index is 13.2. The summed E-state index contributed by atoms with van der Waals surface area (Å²) in [7, 11) is 1.59. The van der Waals surface area contributed by atoms with Crippen LogP contribution in [0.3, 0.4) is 0 Å². The molecule has 2 aromatic carbocycles. The van der Waals surface area contributed by atoms with E-state index in [-0.39, 0.29) is 24.1 Å². The van der Waals surface area contributed by atoms with Crippen molar-refractivity contribution in [2.75, 3.05) is 51.8 Å². The Balaban J connectivity index is 1.37. The van der Waals surface area contributed by atoms with E-state index < -0.39 is 0 Å². The minimum absolute atomic E-state index is 0.0447. The fraction of sp³-hybridized carbons (Fsp3) is 0.462. The minimum Gasteiger partial charge on any atom is -0.497 e. The number of hydrogen-bond acceptors (Lipinski definition) is 5. The van der Waals surface area contributed by atoms with E-state index in [9.17, 15) is 9.59 Å². The zero-order chi connectivity index (χ0) is 23.8. The van der Waals surface area contributed by atoms with E-state index in [4.69, 9.17) is 14.2 Å². The summed E-state index contributed by atoms with van der Waals surface area (Å²) in [6.45, 7) is 3.04. The summed E-state index contributed by atoms with van der Waals surface area (Å²) in [5, 5.41) is 2.93. The fourth-order valence-corrected chi connectivity index (χ4v) is 4.36. The number of ether oxygens (including phenoxy) is 3. The fourth-order valence-electron chi connectivity index (χ4n) is 4.36. The van der Waals surface area contributed by atoms with Crippen LogP contribution in [-0.2, 0) is 20.7 Å². The number of rotatable bonds is 8. The number of carbonyl (C=O) groups is 2. The second-order valence-corrected chi connectivity index (χ2v) is 8.70. The summed E-state index contributed by atoms with van der Waals surface area (Å²) in [4.78, 5) is 29.7. The first-order valence-electron chi connectivity index (χ1n) is 11.9. The summed E-state index contributed by atoms with van der Waals surface area (Å²) in [5.41, 5.74) is 1.65. The largest absolute Gasteiger partial charge is 0.497 e. The number of amides is 3. The molecule has 2 aliphatic rings. The lowest BCUT2D eigenvalue weighted by molar-refractivity contribution is -0.135. The summed E-state index contributed by atoms with van der Waals surface area (Å²) >= 11 is 0. The van der Waals surface area contributed by atoms with E-state index in [1.807, 2.05) is 53.4 Å². The quantitative estimate of drug-likeness (QED) is 0.645. The molecule has 0 aliphatic carbocycles. The number of benzene rings is 2. The molecular formula is C26H33N3O5. The predicted molar refractivity (Wildman–Crippen MR) is 129 cm³/mol. The van der Waals surface area contributed by atoms with Crippen LogP contribution in [-0.4, -0.2) is 80.4 Å². The van der Waals surface area contributed by atoms with Gasteiger partial charge in [0.2, 0.25) is 5.91 Å². The monoisotopic (exact) mass is 467 g/mol. The van der Waals surface area contributed by atoms with Crippen molar-refractivity contribution in [1.29, 1.82) is 0 Å². The standard InChI is InChI=1S/C26H33N3O5/c1-32-22-10-5-9-21(16-22)27-26(31)28-12-14-34-24(18-28)19-29(17-23-11-6-13-33-23)25(30)15-20-7-3-2-4-8-20/h2-5,7-10,16,23-24H,6,11-15,17-19H2,1H3,(H,27,31). The lowest BCUT2D eigenvalue weighted by Gasteiger charge is -2.36. The molecular weight excluding hydrogens is 434 g/mol. The Morgan fingerprint density at radius 1 is 1.06 bits per heavy atom. The van der Waals surface area contributed by atoms with E-state index in [1.165, 1.54) is 0 Å². The number of hydrogen-bond donors (Lipinski definition) is 1. The summed E-state index contributed by atoms with van der Waals surface area (Å²) in [5.74, 6) is 0.725. The molecule has 0 radical (unpaired) electrons. The van der Waals surface area contributed by atoms with Crippen LogP contribution in [0, 0.1) is 0 Å². The van der Waals surface area contributed by atoms with Gasteiger partial charge < -0.3 is 29.3 Å². The molecule has 34 heavy (non-hydrogen) atoms. The van der Waals surface area contributed by atoms with E-state index in [0.717, 1.165) is 25.0 Å². The molecule has 8 nitrogen and oxygen atoms in total. The van der Waals surface area contributed by atoms with Crippen LogP contribution >= 0.6 is 0 Å². The van der Waals surface area contributed by atoms with Crippen molar-refractivity contribution in [3.63, 3.8) is 0 Å². The van der Waals surface area contributed by atoms with Crippen molar-refractivity contribution < 1.29 is 23.8 Å². The Hall–Kier alpha value is -3.10. The van der Waals surface area contributed by atoms with Crippen LogP contribution in [0.4, 0.5) is 10.5 Å². The molecule has 2 aromatic rings. The number of nitrogens with one attached hydrogen (secondary N) is 1. The third kappa shape index (κ3) is 6.71. The second-order valence-electron chi connectivity index (χ2n) is 8.70. The number of morpholine rings is 1. The SMILES string of the molecule is COc1cccc(NC(=O)N2CCOC(CN(CC3CCCO3)C(=O)Cc3ccccc3)C2)c1. The third-order valence-corrected chi connectivity index (χ3v) is 6.17. The third-order valence-electron chi connectivity index (χ3n) is 6.17. The molecule has 0 aromatic heterocycles. The molecule has 8 heteroatoms. The van der Waals surface area contributed by atoms with Crippen molar-refractivity contribution >= 4 is 17.6 Å². The van der Waals surface area contributed by atoms with Crippen LogP contribution in [0.1, 0.15) is 18.4 Å². The summed E-state index contributed by atoms with van der Waals surface area (Å²) in [6.07, 6.45) is 2.10. The van der Waals surface area contributed by atoms with Gasteiger partial charge in [-0.25, -0.2) is 4.79 Å². The molecule has 2 unspecified atom stereocenters. The lowest BCUT2D eigenvalue weighted by Crippen LogP contribution is -2.52. The number of methoxy groups -OCH3 is 1. The van der Waals surface area contributed by atoms with E-state index in [1.54, 1.807) is 18.1 Å². The van der Waals surface area contributed by atoms with Crippen LogP contribution < -0.4 is 10.1 Å². The van der Waals surface area contributed by atoms with Crippen molar-refractivity contribution in [1.82, 2.24) is 9.80 Å². The van der Waals surface area contributed by atoms with Crippen LogP contribution in [0.15, 0.2) is 54.6 Å². The molecule has 0 bridgehead atoms. The maximum Gasteiger partial charge on any atom is 0.322 e. The minimum atomic E-state index is -0.258. The van der Waals surface area contributed by atoms with E-state index in [0.29, 0.717) is 50.6 Å². The van der Waals surface area contributed by atoms with Gasteiger partial charge >= 0.3 is 6.03 Å². The highest BCUT2D eigenvalue weighted by Crippen LogP contribution is 2.19. The molecule has 1 N–H and O–H groups in total. The highest BCUT2D eigenvalue weighted by molar-refractivity contribution is 5.89. The van der Waals surface area contributed by atoms with Gasteiger partial charge in [0.05, 0.1) is 38.9 Å². The van der Waals surface area contributed by atoms with Gasteiger partial charge in [0.15, 0.2) is 0 Å². The number of carbonyl (C=O) groups excluding carboxylic acids is 2. The zero-order valence-electron chi connectivity index (χ0n) is 19.7. The number of urea groups is 1. The number of anilines is 1. The zero-order valence-corrected chi connectivity index (χ0v) is 19.7. The van der Waals surface area contributed by atoms with Gasteiger partial charge in [-0.3, -0.25) is 4.79 Å². The first-order chi connectivity index (χ1) is 16.6. The second kappa shape index (κ2) is 11.9. The van der Waals surface area contributed by atoms with Gasteiger partial charge in [-0.15, -0.1) is 0 Å². The Kier molecular flexibility index (Phi) is 8.38. The van der Waals surface area contributed by atoms with E-state index >= 15 is 0 Å². The van der Waals surface area contributed by atoms with Crippen LogP contribution in [0.5, 0.6) is 5.75 Å². The van der Waals surface area contributed by atoms with Crippen LogP contribution in [0.25, 0.3) is 0 Å². The Labute approximate surface area is 200 Å². The summed E-state index contributed by atoms with van der Waals surface area (Å²) in [6, 6.07) is 16.8. The molecule has 4 rings (SSSR count). The van der Waals surface area contributed by atoms with Crippen molar-refractivity contribution in [2.24, 2.45) is 0 Å². The van der Waals surface area contributed by atoms with Gasteiger partial charge in [-0.2, -0.15) is 0 Å². The van der Waals surface area contributed by atoms with Gasteiger partial charge in [-0.05, 0) is 30.5 Å².